The van der Waals surface area contributed by atoms with Gasteiger partial charge < -0.3 is 4.90 Å². The summed E-state index contributed by atoms with van der Waals surface area (Å²) in [6.45, 7) is 0.980. The molecule has 110 valence electrons. The van der Waals surface area contributed by atoms with Crippen molar-refractivity contribution in [3.8, 4) is 0 Å². The summed E-state index contributed by atoms with van der Waals surface area (Å²) in [5.41, 5.74) is 1.54. The van der Waals surface area contributed by atoms with Gasteiger partial charge in [-0.1, -0.05) is 57.9 Å². The molecule has 0 aliphatic carbocycles. The van der Waals surface area contributed by atoms with Crippen LogP contribution < -0.4 is 0 Å². The van der Waals surface area contributed by atoms with E-state index >= 15 is 0 Å². The number of nitrogens with zero attached hydrogens (tertiary/aromatic N) is 1. The summed E-state index contributed by atoms with van der Waals surface area (Å²) >= 11 is 15.3. The van der Waals surface area contributed by atoms with E-state index in [1.165, 1.54) is 0 Å². The van der Waals surface area contributed by atoms with E-state index in [1.54, 1.807) is 17.0 Å². The number of benzene rings is 2. The lowest BCUT2D eigenvalue weighted by Gasteiger charge is -2.22. The molecule has 0 heterocycles. The Kier molecular flexibility index (Phi) is 6.09. The maximum Gasteiger partial charge on any atom is 0.255 e. The fraction of sp³-hybridized carbons (Fsp3) is 0.188. The zero-order valence-corrected chi connectivity index (χ0v) is 14.3. The van der Waals surface area contributed by atoms with Crippen LogP contribution in [0.25, 0.3) is 0 Å². The largest absolute Gasteiger partial charge is 0.333 e. The number of halogens is 3. The second kappa shape index (κ2) is 7.83. The van der Waals surface area contributed by atoms with Crippen LogP contribution in [0.15, 0.2) is 53.0 Å². The smallest absolute Gasteiger partial charge is 0.255 e. The van der Waals surface area contributed by atoms with Crippen LogP contribution in [-0.2, 0) is 6.54 Å². The second-order valence-electron chi connectivity index (χ2n) is 4.53. The fourth-order valence-electron chi connectivity index (χ4n) is 1.99. The van der Waals surface area contributed by atoms with Crippen LogP contribution in [0.4, 0.5) is 0 Å². The van der Waals surface area contributed by atoms with Crippen LogP contribution in [0.5, 0.6) is 0 Å². The number of hydrogen-bond donors (Lipinski definition) is 0. The highest BCUT2D eigenvalue weighted by molar-refractivity contribution is 9.10. The molecule has 0 fully saturated rings. The summed E-state index contributed by atoms with van der Waals surface area (Å²) < 4.78 is 0.820. The summed E-state index contributed by atoms with van der Waals surface area (Å²) in [6, 6.07) is 15.1. The van der Waals surface area contributed by atoms with Gasteiger partial charge >= 0.3 is 0 Å². The van der Waals surface area contributed by atoms with Gasteiger partial charge in [0.25, 0.3) is 5.91 Å². The zero-order chi connectivity index (χ0) is 15.2. The Morgan fingerprint density at radius 1 is 1.14 bits per heavy atom. The molecule has 0 aromatic heterocycles. The second-order valence-corrected chi connectivity index (χ2v) is 6.23. The molecule has 0 bridgehead atoms. The highest BCUT2D eigenvalue weighted by Gasteiger charge is 2.18. The van der Waals surface area contributed by atoms with Crippen LogP contribution >= 0.6 is 39.1 Å². The van der Waals surface area contributed by atoms with Gasteiger partial charge in [0.1, 0.15) is 0 Å². The van der Waals surface area contributed by atoms with Crippen molar-refractivity contribution in [2.75, 3.05) is 12.4 Å². The molecule has 2 rings (SSSR count). The van der Waals surface area contributed by atoms with Gasteiger partial charge in [0.15, 0.2) is 0 Å². The lowest BCUT2D eigenvalue weighted by atomic mass is 10.1. The molecule has 0 N–H and O–H groups in total. The maximum absolute atomic E-state index is 12.7. The van der Waals surface area contributed by atoms with Crippen LogP contribution in [0.2, 0.25) is 5.02 Å². The summed E-state index contributed by atoms with van der Waals surface area (Å²) in [5.74, 6) is 0.260. The van der Waals surface area contributed by atoms with E-state index in [9.17, 15) is 4.79 Å². The molecule has 0 aliphatic rings. The third-order valence-corrected chi connectivity index (χ3v) is 4.01. The van der Waals surface area contributed by atoms with Gasteiger partial charge in [-0.2, -0.15) is 0 Å². The Hall–Kier alpha value is -1.03. The lowest BCUT2D eigenvalue weighted by molar-refractivity contribution is 0.0754. The molecule has 2 nitrogen and oxygen atoms in total. The summed E-state index contributed by atoms with van der Waals surface area (Å²) in [4.78, 5) is 14.4. The van der Waals surface area contributed by atoms with Crippen LogP contribution in [0.1, 0.15) is 15.9 Å². The molecule has 0 radical (unpaired) electrons. The molecular weight excluding hydrogens is 373 g/mol. The van der Waals surface area contributed by atoms with Gasteiger partial charge in [0.2, 0.25) is 0 Å². The Bertz CT molecular complexity index is 619. The van der Waals surface area contributed by atoms with Gasteiger partial charge in [-0.05, 0) is 23.8 Å². The number of carbonyl (C=O) groups excluding carboxylic acids is 1. The van der Waals surface area contributed by atoms with Crippen LogP contribution in [0, 0.1) is 0 Å². The van der Waals surface area contributed by atoms with Gasteiger partial charge in [-0.15, -0.1) is 11.6 Å². The Labute approximate surface area is 142 Å². The number of alkyl halides is 1. The molecule has 0 atom stereocenters. The van der Waals surface area contributed by atoms with E-state index < -0.39 is 0 Å². The van der Waals surface area contributed by atoms with E-state index in [0.717, 1.165) is 10.0 Å². The summed E-state index contributed by atoms with van der Waals surface area (Å²) in [7, 11) is 0. The van der Waals surface area contributed by atoms with Crippen LogP contribution in [0.3, 0.4) is 0 Å². The topological polar surface area (TPSA) is 20.3 Å². The molecule has 0 spiro atoms. The fourth-order valence-corrected chi connectivity index (χ4v) is 2.75. The summed E-state index contributed by atoms with van der Waals surface area (Å²) in [5, 5.41) is 0.441. The highest BCUT2D eigenvalue weighted by atomic mass is 79.9. The molecule has 5 heteroatoms. The average molecular weight is 387 g/mol. The average Bonchev–Trinajstić information content (AvgIpc) is 2.49. The molecule has 0 aliphatic heterocycles. The lowest BCUT2D eigenvalue weighted by Crippen LogP contribution is -2.32. The van der Waals surface area contributed by atoms with E-state index in [4.69, 9.17) is 23.2 Å². The van der Waals surface area contributed by atoms with Gasteiger partial charge in [-0.25, -0.2) is 0 Å². The molecule has 0 saturated heterocycles. The van der Waals surface area contributed by atoms with Crippen molar-refractivity contribution in [1.82, 2.24) is 4.90 Å². The van der Waals surface area contributed by atoms with Crippen LogP contribution in [-0.4, -0.2) is 23.2 Å². The number of rotatable bonds is 5. The molecule has 2 aromatic carbocycles. The first-order valence-electron chi connectivity index (χ1n) is 6.46. The highest BCUT2D eigenvalue weighted by Crippen LogP contribution is 2.23. The predicted molar refractivity (Wildman–Crippen MR) is 91.1 cm³/mol. The standard InChI is InChI=1S/C16H14BrCl2NO/c17-13-6-7-15(19)14(10-13)16(21)20(9-8-18)11-12-4-2-1-3-5-12/h1-7,10H,8-9,11H2. The SMILES string of the molecule is O=C(c1cc(Br)ccc1Cl)N(CCCl)Cc1ccccc1. The Balaban J connectivity index is 2.25. The maximum atomic E-state index is 12.7. The quantitative estimate of drug-likeness (QED) is 0.663. The van der Waals surface area contributed by atoms with Gasteiger partial charge in [-0.3, -0.25) is 4.79 Å². The Morgan fingerprint density at radius 2 is 1.86 bits per heavy atom. The summed E-state index contributed by atoms with van der Waals surface area (Å²) in [6.07, 6.45) is 0. The molecule has 0 unspecified atom stereocenters. The first kappa shape index (κ1) is 16.3. The Morgan fingerprint density at radius 3 is 2.52 bits per heavy atom. The van der Waals surface area contributed by atoms with E-state index in [-0.39, 0.29) is 5.91 Å². The first-order valence-corrected chi connectivity index (χ1v) is 8.16. The molecular formula is C16H14BrCl2NO. The number of carbonyl (C=O) groups is 1. The minimum absolute atomic E-state index is 0.120. The normalized spacial score (nSPS) is 10.4. The third-order valence-electron chi connectivity index (χ3n) is 3.02. The third kappa shape index (κ3) is 4.47. The first-order chi connectivity index (χ1) is 10.1. The minimum atomic E-state index is -0.120. The van der Waals surface area contributed by atoms with Crippen molar-refractivity contribution in [2.24, 2.45) is 0 Å². The molecule has 1 amide bonds. The van der Waals surface area contributed by atoms with Crippen molar-refractivity contribution in [1.29, 1.82) is 0 Å². The van der Waals surface area contributed by atoms with Crippen molar-refractivity contribution in [3.63, 3.8) is 0 Å². The van der Waals surface area contributed by atoms with Gasteiger partial charge in [0.05, 0.1) is 10.6 Å². The molecule has 0 saturated carbocycles. The van der Waals surface area contributed by atoms with Gasteiger partial charge in [0, 0.05) is 23.4 Å². The van der Waals surface area contributed by atoms with E-state index in [0.29, 0.717) is 29.6 Å². The molecule has 21 heavy (non-hydrogen) atoms. The predicted octanol–water partition coefficient (Wildman–Crippen LogP) is 4.98. The van der Waals surface area contributed by atoms with E-state index in [2.05, 4.69) is 15.9 Å². The van der Waals surface area contributed by atoms with Crippen molar-refractivity contribution < 1.29 is 4.79 Å². The minimum Gasteiger partial charge on any atom is -0.333 e. The van der Waals surface area contributed by atoms with Crippen molar-refractivity contribution in [3.05, 3.63) is 69.2 Å². The molecule has 2 aromatic rings. The monoisotopic (exact) mass is 385 g/mol. The van der Waals surface area contributed by atoms with Crippen molar-refractivity contribution >= 4 is 45.0 Å². The number of amides is 1. The van der Waals surface area contributed by atoms with Crippen molar-refractivity contribution in [2.45, 2.75) is 6.54 Å². The van der Waals surface area contributed by atoms with E-state index in [1.807, 2.05) is 36.4 Å². The number of hydrogen-bond acceptors (Lipinski definition) is 1. The zero-order valence-electron chi connectivity index (χ0n) is 11.2.